The number of carbonyl (C=O) groups is 2. The van der Waals surface area contributed by atoms with E-state index in [4.69, 9.17) is 23.2 Å². The van der Waals surface area contributed by atoms with E-state index in [1.165, 1.54) is 6.08 Å². The van der Waals surface area contributed by atoms with Gasteiger partial charge in [0.05, 0.1) is 16.5 Å². The Morgan fingerprint density at radius 1 is 0.920 bits per heavy atom. The fourth-order valence-electron chi connectivity index (χ4n) is 2.08. The molecule has 4 nitrogen and oxygen atoms in total. The van der Waals surface area contributed by atoms with Gasteiger partial charge in [-0.3, -0.25) is 9.59 Å². The first kappa shape index (κ1) is 19.0. The van der Waals surface area contributed by atoms with Gasteiger partial charge in [-0.05, 0) is 29.3 Å². The second kappa shape index (κ2) is 9.87. The predicted molar refractivity (Wildman–Crippen MR) is 102 cm³/mol. The van der Waals surface area contributed by atoms with Crippen molar-refractivity contribution in [2.75, 3.05) is 13.1 Å². The Hall–Kier alpha value is -2.30. The highest BCUT2D eigenvalue weighted by Crippen LogP contribution is 2.22. The molecule has 2 aromatic carbocycles. The van der Waals surface area contributed by atoms with E-state index in [0.717, 1.165) is 11.1 Å². The van der Waals surface area contributed by atoms with Gasteiger partial charge in [0, 0.05) is 19.2 Å². The molecule has 2 aromatic rings. The molecule has 0 spiro atoms. The molecule has 0 atom stereocenters. The molecule has 0 aliphatic rings. The van der Waals surface area contributed by atoms with Gasteiger partial charge in [-0.2, -0.15) is 0 Å². The monoisotopic (exact) mass is 376 g/mol. The molecule has 0 heterocycles. The van der Waals surface area contributed by atoms with Crippen LogP contribution in [0.25, 0.3) is 6.08 Å². The van der Waals surface area contributed by atoms with Crippen LogP contribution in [0.15, 0.2) is 54.6 Å². The fraction of sp³-hybridized carbons (Fsp3) is 0.158. The second-order valence-electron chi connectivity index (χ2n) is 5.31. The van der Waals surface area contributed by atoms with Gasteiger partial charge >= 0.3 is 0 Å². The van der Waals surface area contributed by atoms with Crippen LogP contribution in [0.4, 0.5) is 0 Å². The molecule has 0 fully saturated rings. The zero-order valence-corrected chi connectivity index (χ0v) is 15.0. The lowest BCUT2D eigenvalue weighted by atomic mass is 10.1. The van der Waals surface area contributed by atoms with E-state index in [1.54, 1.807) is 24.3 Å². The van der Waals surface area contributed by atoms with Gasteiger partial charge in [0.25, 0.3) is 0 Å². The Morgan fingerprint density at radius 3 is 2.36 bits per heavy atom. The Morgan fingerprint density at radius 2 is 1.64 bits per heavy atom. The largest absolute Gasteiger partial charge is 0.354 e. The molecule has 2 rings (SSSR count). The van der Waals surface area contributed by atoms with Crippen molar-refractivity contribution in [3.8, 4) is 0 Å². The molecule has 25 heavy (non-hydrogen) atoms. The number of hydrogen-bond acceptors (Lipinski definition) is 2. The summed E-state index contributed by atoms with van der Waals surface area (Å²) >= 11 is 11.7. The Kier molecular flexibility index (Phi) is 7.51. The summed E-state index contributed by atoms with van der Waals surface area (Å²) in [4.78, 5) is 23.5. The van der Waals surface area contributed by atoms with Crippen molar-refractivity contribution >= 4 is 41.1 Å². The number of hydrogen-bond donors (Lipinski definition) is 2. The van der Waals surface area contributed by atoms with Crippen LogP contribution in [0.1, 0.15) is 11.1 Å². The highest BCUT2D eigenvalue weighted by molar-refractivity contribution is 6.42. The van der Waals surface area contributed by atoms with Crippen molar-refractivity contribution in [3.63, 3.8) is 0 Å². The lowest BCUT2D eigenvalue weighted by molar-refractivity contribution is -0.121. The lowest BCUT2D eigenvalue weighted by Gasteiger charge is -2.06. The number of halogens is 2. The molecule has 2 amide bonds. The number of rotatable bonds is 7. The molecular weight excluding hydrogens is 359 g/mol. The normalized spacial score (nSPS) is 10.6. The summed E-state index contributed by atoms with van der Waals surface area (Å²) in [7, 11) is 0. The molecule has 130 valence electrons. The van der Waals surface area contributed by atoms with Crippen molar-refractivity contribution in [3.05, 3.63) is 75.8 Å². The first-order valence-corrected chi connectivity index (χ1v) is 8.52. The third kappa shape index (κ3) is 6.99. The summed E-state index contributed by atoms with van der Waals surface area (Å²) < 4.78 is 0. The highest BCUT2D eigenvalue weighted by atomic mass is 35.5. The van der Waals surface area contributed by atoms with E-state index >= 15 is 0 Å². The third-order valence-electron chi connectivity index (χ3n) is 3.32. The number of carbonyl (C=O) groups excluding carboxylic acids is 2. The maximum absolute atomic E-state index is 11.8. The zero-order chi connectivity index (χ0) is 18.1. The molecule has 0 saturated carbocycles. The van der Waals surface area contributed by atoms with Crippen molar-refractivity contribution in [1.82, 2.24) is 10.6 Å². The van der Waals surface area contributed by atoms with E-state index in [0.29, 0.717) is 29.6 Å². The molecule has 0 radical (unpaired) electrons. The van der Waals surface area contributed by atoms with Crippen LogP contribution >= 0.6 is 23.2 Å². The van der Waals surface area contributed by atoms with Gasteiger partial charge in [-0.25, -0.2) is 0 Å². The molecule has 2 N–H and O–H groups in total. The molecule has 0 aliphatic heterocycles. The van der Waals surface area contributed by atoms with E-state index in [-0.39, 0.29) is 11.8 Å². The van der Waals surface area contributed by atoms with E-state index in [9.17, 15) is 9.59 Å². The van der Waals surface area contributed by atoms with Crippen molar-refractivity contribution < 1.29 is 9.59 Å². The average molecular weight is 377 g/mol. The minimum atomic E-state index is -0.247. The highest BCUT2D eigenvalue weighted by Gasteiger charge is 2.02. The zero-order valence-electron chi connectivity index (χ0n) is 13.5. The smallest absolute Gasteiger partial charge is 0.244 e. The molecule has 0 unspecified atom stereocenters. The quantitative estimate of drug-likeness (QED) is 0.573. The molecule has 0 aliphatic carbocycles. The predicted octanol–water partition coefficient (Wildman–Crippen LogP) is 3.48. The second-order valence-corrected chi connectivity index (χ2v) is 6.12. The lowest BCUT2D eigenvalue weighted by Crippen LogP contribution is -2.34. The van der Waals surface area contributed by atoms with Gasteiger partial charge in [-0.1, -0.05) is 59.6 Å². The minimum Gasteiger partial charge on any atom is -0.354 e. The molecule has 0 bridgehead atoms. The van der Waals surface area contributed by atoms with Gasteiger partial charge in [0.2, 0.25) is 11.8 Å². The van der Waals surface area contributed by atoms with Crippen LogP contribution in [-0.4, -0.2) is 24.9 Å². The third-order valence-corrected chi connectivity index (χ3v) is 4.06. The van der Waals surface area contributed by atoms with Crippen molar-refractivity contribution in [2.24, 2.45) is 0 Å². The van der Waals surface area contributed by atoms with Crippen LogP contribution in [0.3, 0.4) is 0 Å². The van der Waals surface area contributed by atoms with E-state index in [2.05, 4.69) is 10.6 Å². The summed E-state index contributed by atoms with van der Waals surface area (Å²) in [5.41, 5.74) is 1.73. The van der Waals surface area contributed by atoms with Gasteiger partial charge in [0.1, 0.15) is 0 Å². The summed E-state index contributed by atoms with van der Waals surface area (Å²) in [6.07, 6.45) is 3.38. The molecule has 0 saturated heterocycles. The first-order valence-electron chi connectivity index (χ1n) is 7.76. The van der Waals surface area contributed by atoms with Crippen LogP contribution in [-0.2, 0) is 16.0 Å². The Bertz CT molecular complexity index is 761. The fourth-order valence-corrected chi connectivity index (χ4v) is 2.38. The van der Waals surface area contributed by atoms with Crippen LogP contribution in [0, 0.1) is 0 Å². The maximum atomic E-state index is 11.8. The molecule has 0 aromatic heterocycles. The summed E-state index contributed by atoms with van der Waals surface area (Å²) in [6, 6.07) is 14.6. The minimum absolute atomic E-state index is 0.0770. The van der Waals surface area contributed by atoms with Crippen LogP contribution < -0.4 is 10.6 Å². The standard InChI is InChI=1S/C19H18Cl2N2O2/c20-16-8-6-15(12-17(16)21)7-9-18(24)22-10-11-23-19(25)13-14-4-2-1-3-5-14/h1-9,12H,10-11,13H2,(H,22,24)(H,23,25)/b9-7+. The van der Waals surface area contributed by atoms with Crippen LogP contribution in [0.5, 0.6) is 0 Å². The molecular formula is C19H18Cl2N2O2. The van der Waals surface area contributed by atoms with Crippen molar-refractivity contribution in [1.29, 1.82) is 0 Å². The van der Waals surface area contributed by atoms with Gasteiger partial charge < -0.3 is 10.6 Å². The van der Waals surface area contributed by atoms with Crippen LogP contribution in [0.2, 0.25) is 10.0 Å². The topological polar surface area (TPSA) is 58.2 Å². The maximum Gasteiger partial charge on any atom is 0.244 e. The summed E-state index contributed by atoms with van der Waals surface area (Å²) in [5.74, 6) is -0.324. The number of amides is 2. The number of nitrogens with one attached hydrogen (secondary N) is 2. The first-order chi connectivity index (χ1) is 12.0. The summed E-state index contributed by atoms with van der Waals surface area (Å²) in [6.45, 7) is 0.725. The van der Waals surface area contributed by atoms with Gasteiger partial charge in [0.15, 0.2) is 0 Å². The Labute approximate surface area is 156 Å². The summed E-state index contributed by atoms with van der Waals surface area (Å²) in [5, 5.41) is 6.37. The van der Waals surface area contributed by atoms with E-state index < -0.39 is 0 Å². The molecule has 6 heteroatoms. The Balaban J connectivity index is 1.67. The number of benzene rings is 2. The van der Waals surface area contributed by atoms with Crippen molar-refractivity contribution in [2.45, 2.75) is 6.42 Å². The SMILES string of the molecule is O=C(/C=C/c1ccc(Cl)c(Cl)c1)NCCNC(=O)Cc1ccccc1. The average Bonchev–Trinajstić information content (AvgIpc) is 2.60. The van der Waals surface area contributed by atoms with E-state index in [1.807, 2.05) is 30.3 Å². The van der Waals surface area contributed by atoms with Gasteiger partial charge in [-0.15, -0.1) is 0 Å².